The van der Waals surface area contributed by atoms with Crippen LogP contribution in [0.3, 0.4) is 0 Å². The zero-order valence-electron chi connectivity index (χ0n) is 13.2. The number of hydrogen-bond donors (Lipinski definition) is 0. The molecule has 4 rings (SSSR count). The summed E-state index contributed by atoms with van der Waals surface area (Å²) in [6.07, 6.45) is 5.97. The number of hydrogen-bond acceptors (Lipinski definition) is 4. The largest absolute Gasteiger partial charge is 0.479 e. The molecule has 23 heavy (non-hydrogen) atoms. The molecule has 5 heteroatoms. The number of fused-ring (bicyclic) bond motifs is 4. The maximum atomic E-state index is 9.10. The van der Waals surface area contributed by atoms with Gasteiger partial charge < -0.3 is 18.9 Å². The molecule has 0 atom stereocenters. The minimum atomic E-state index is -0.338. The van der Waals surface area contributed by atoms with E-state index >= 15 is 0 Å². The van der Waals surface area contributed by atoms with Gasteiger partial charge in [-0.25, -0.2) is 0 Å². The van der Waals surface area contributed by atoms with Crippen LogP contribution < -0.4 is 4.74 Å². The molecule has 2 aliphatic rings. The van der Waals surface area contributed by atoms with E-state index < -0.39 is 0 Å². The van der Waals surface area contributed by atoms with Gasteiger partial charge in [0.2, 0.25) is 0 Å². The van der Waals surface area contributed by atoms with Crippen molar-refractivity contribution >= 4 is 0 Å². The van der Waals surface area contributed by atoms with Crippen LogP contribution in [-0.4, -0.2) is 29.7 Å². The molecule has 3 heterocycles. The fraction of sp³-hybridized carbons (Fsp3) is 0.389. The van der Waals surface area contributed by atoms with Crippen molar-refractivity contribution in [3.05, 3.63) is 47.8 Å². The average molecular weight is 309 g/mol. The quantitative estimate of drug-likeness (QED) is 0.801. The van der Waals surface area contributed by atoms with Crippen LogP contribution in [0.2, 0.25) is 0 Å². The predicted molar refractivity (Wildman–Crippen MR) is 85.2 cm³/mol. The molecule has 5 nitrogen and oxygen atoms in total. The van der Waals surface area contributed by atoms with Gasteiger partial charge in [-0.1, -0.05) is 6.07 Å². The first-order chi connectivity index (χ1) is 11.3. The number of ether oxygens (including phenoxy) is 2. The smallest absolute Gasteiger partial charge is 0.179 e. The highest BCUT2D eigenvalue weighted by atomic mass is 16.5. The van der Waals surface area contributed by atoms with Crippen molar-refractivity contribution in [1.82, 2.24) is 9.47 Å². The van der Waals surface area contributed by atoms with Gasteiger partial charge in [0.25, 0.3) is 0 Å². The number of likely N-dealkylation sites (tertiary alicyclic amines) is 1. The van der Waals surface area contributed by atoms with Crippen LogP contribution in [0.4, 0.5) is 0 Å². The maximum Gasteiger partial charge on any atom is 0.179 e. The summed E-state index contributed by atoms with van der Waals surface area (Å²) < 4.78 is 14.0. The molecule has 0 N–H and O–H groups in total. The lowest BCUT2D eigenvalue weighted by molar-refractivity contribution is -0.00116. The number of aromatic nitrogens is 1. The molecule has 0 unspecified atom stereocenters. The Labute approximate surface area is 135 Å². The summed E-state index contributed by atoms with van der Waals surface area (Å²) in [4.78, 5) is 1.80. The standard InChI is InChI=1S/C18H19N3O2/c1-22-12-14-4-5-15-16(11-14)23-18(17-3-2-8-21(15)17)6-9-20(13-19)10-7-18/h2-5,8,11H,6-7,9-10,12H2,1H3. The highest BCUT2D eigenvalue weighted by molar-refractivity contribution is 5.53. The number of nitrogens with zero attached hydrogens (tertiary/aromatic N) is 3. The summed E-state index contributed by atoms with van der Waals surface area (Å²) in [5.74, 6) is 0.897. The third-order valence-electron chi connectivity index (χ3n) is 4.83. The second kappa shape index (κ2) is 5.32. The molecule has 1 aromatic carbocycles. The fourth-order valence-corrected chi connectivity index (χ4v) is 3.65. The van der Waals surface area contributed by atoms with E-state index in [9.17, 15) is 0 Å². The zero-order valence-corrected chi connectivity index (χ0v) is 13.2. The highest BCUT2D eigenvalue weighted by Gasteiger charge is 2.43. The summed E-state index contributed by atoms with van der Waals surface area (Å²) in [6, 6.07) is 10.4. The normalized spacial score (nSPS) is 18.0. The summed E-state index contributed by atoms with van der Waals surface area (Å²) in [6.45, 7) is 2.04. The van der Waals surface area contributed by atoms with Crippen LogP contribution in [0.25, 0.3) is 5.69 Å². The molecular formula is C18H19N3O2. The molecule has 2 aliphatic heterocycles. The third-order valence-corrected chi connectivity index (χ3v) is 4.83. The summed E-state index contributed by atoms with van der Waals surface area (Å²) in [5.41, 5.74) is 3.02. The van der Waals surface area contributed by atoms with Crippen molar-refractivity contribution in [3.63, 3.8) is 0 Å². The van der Waals surface area contributed by atoms with E-state index in [1.54, 1.807) is 12.0 Å². The molecule has 1 saturated heterocycles. The average Bonchev–Trinajstić information content (AvgIpc) is 3.07. The Morgan fingerprint density at radius 2 is 2.13 bits per heavy atom. The molecule has 118 valence electrons. The highest BCUT2D eigenvalue weighted by Crippen LogP contribution is 2.45. The van der Waals surface area contributed by atoms with E-state index in [1.807, 2.05) is 0 Å². The third kappa shape index (κ3) is 2.18. The lowest BCUT2D eigenvalue weighted by atomic mass is 9.86. The number of nitriles is 1. The Kier molecular flexibility index (Phi) is 3.28. The van der Waals surface area contributed by atoms with E-state index in [1.165, 1.54) is 5.69 Å². The first kappa shape index (κ1) is 14.2. The summed E-state index contributed by atoms with van der Waals surface area (Å²) >= 11 is 0. The molecular weight excluding hydrogens is 290 g/mol. The van der Waals surface area contributed by atoms with E-state index in [0.29, 0.717) is 6.61 Å². The van der Waals surface area contributed by atoms with E-state index in [-0.39, 0.29) is 5.60 Å². The van der Waals surface area contributed by atoms with Crippen LogP contribution in [-0.2, 0) is 16.9 Å². The van der Waals surface area contributed by atoms with Crippen LogP contribution >= 0.6 is 0 Å². The second-order valence-electron chi connectivity index (χ2n) is 6.18. The van der Waals surface area contributed by atoms with Crippen molar-refractivity contribution in [2.24, 2.45) is 0 Å². The number of piperidine rings is 1. The van der Waals surface area contributed by atoms with Gasteiger partial charge in [-0.3, -0.25) is 0 Å². The van der Waals surface area contributed by atoms with Gasteiger partial charge in [0.1, 0.15) is 5.75 Å². The molecule has 1 fully saturated rings. The lowest BCUT2D eigenvalue weighted by Crippen LogP contribution is -2.47. The Balaban J connectivity index is 1.76. The van der Waals surface area contributed by atoms with Gasteiger partial charge in [-0.2, -0.15) is 5.26 Å². The van der Waals surface area contributed by atoms with Crippen molar-refractivity contribution in [1.29, 1.82) is 5.26 Å². The Morgan fingerprint density at radius 1 is 1.30 bits per heavy atom. The first-order valence-corrected chi connectivity index (χ1v) is 7.89. The maximum absolute atomic E-state index is 9.10. The van der Waals surface area contributed by atoms with Crippen LogP contribution in [0.15, 0.2) is 36.5 Å². The van der Waals surface area contributed by atoms with Crippen LogP contribution in [0.5, 0.6) is 5.75 Å². The van der Waals surface area contributed by atoms with Crippen molar-refractivity contribution in [2.75, 3.05) is 20.2 Å². The van der Waals surface area contributed by atoms with Gasteiger partial charge in [-0.15, -0.1) is 0 Å². The minimum Gasteiger partial charge on any atom is -0.479 e. The Morgan fingerprint density at radius 3 is 2.87 bits per heavy atom. The van der Waals surface area contributed by atoms with Crippen molar-refractivity contribution in [2.45, 2.75) is 25.0 Å². The van der Waals surface area contributed by atoms with Crippen molar-refractivity contribution < 1.29 is 9.47 Å². The first-order valence-electron chi connectivity index (χ1n) is 7.89. The van der Waals surface area contributed by atoms with Crippen LogP contribution in [0.1, 0.15) is 24.1 Å². The number of methoxy groups -OCH3 is 1. The Bertz CT molecular complexity index is 767. The van der Waals surface area contributed by atoms with E-state index in [0.717, 1.165) is 42.9 Å². The SMILES string of the molecule is COCc1ccc2c(c1)OC1(CCN(C#N)CC1)c1cccn1-2. The van der Waals surface area contributed by atoms with Crippen molar-refractivity contribution in [3.8, 4) is 17.6 Å². The second-order valence-corrected chi connectivity index (χ2v) is 6.18. The van der Waals surface area contributed by atoms with Gasteiger partial charge in [0.05, 0.1) is 18.0 Å². The molecule has 0 aliphatic carbocycles. The van der Waals surface area contributed by atoms with Gasteiger partial charge >= 0.3 is 0 Å². The number of benzene rings is 1. The molecule has 0 saturated carbocycles. The molecule has 0 radical (unpaired) electrons. The molecule has 1 spiro atoms. The minimum absolute atomic E-state index is 0.338. The number of rotatable bonds is 2. The zero-order chi connectivity index (χ0) is 15.9. The van der Waals surface area contributed by atoms with E-state index in [4.69, 9.17) is 14.7 Å². The fourth-order valence-electron chi connectivity index (χ4n) is 3.65. The van der Waals surface area contributed by atoms with Gasteiger partial charge in [0, 0.05) is 39.2 Å². The predicted octanol–water partition coefficient (Wildman–Crippen LogP) is 2.79. The monoisotopic (exact) mass is 309 g/mol. The molecule has 1 aromatic heterocycles. The summed E-state index contributed by atoms with van der Waals surface area (Å²) in [5, 5.41) is 9.10. The van der Waals surface area contributed by atoms with Gasteiger partial charge in [0.15, 0.2) is 11.8 Å². The van der Waals surface area contributed by atoms with E-state index in [2.05, 4.69) is 47.3 Å². The molecule has 0 amide bonds. The Hall–Kier alpha value is -2.45. The van der Waals surface area contributed by atoms with Crippen LogP contribution in [0, 0.1) is 11.5 Å². The topological polar surface area (TPSA) is 50.4 Å². The summed E-state index contributed by atoms with van der Waals surface area (Å²) in [7, 11) is 1.70. The molecule has 2 aromatic rings. The lowest BCUT2D eigenvalue weighted by Gasteiger charge is -2.44. The molecule has 0 bridgehead atoms. The van der Waals surface area contributed by atoms with Gasteiger partial charge in [-0.05, 0) is 29.8 Å².